The van der Waals surface area contributed by atoms with Crippen LogP contribution in [0.2, 0.25) is 0 Å². The van der Waals surface area contributed by atoms with Gasteiger partial charge < -0.3 is 9.73 Å². The molecule has 1 aliphatic rings. The van der Waals surface area contributed by atoms with Crippen molar-refractivity contribution in [3.63, 3.8) is 0 Å². The molecule has 0 bridgehead atoms. The van der Waals surface area contributed by atoms with Gasteiger partial charge >= 0.3 is 0 Å². The third-order valence-corrected chi connectivity index (χ3v) is 4.48. The topological polar surface area (TPSA) is 67.0 Å². The molecule has 3 aromatic rings. The van der Waals surface area contributed by atoms with Crippen molar-refractivity contribution in [3.05, 3.63) is 84.3 Å². The van der Waals surface area contributed by atoms with Gasteiger partial charge in [0.25, 0.3) is 5.91 Å². The highest BCUT2D eigenvalue weighted by molar-refractivity contribution is 6.19. The van der Waals surface area contributed by atoms with E-state index < -0.39 is 0 Å². The van der Waals surface area contributed by atoms with Gasteiger partial charge in [-0.1, -0.05) is 49.4 Å². The number of amides is 1. The molecule has 1 N–H and O–H groups in total. The number of amidine groups is 1. The van der Waals surface area contributed by atoms with E-state index in [2.05, 4.69) is 12.2 Å². The van der Waals surface area contributed by atoms with Crippen LogP contribution in [0.5, 0.6) is 0 Å². The molecule has 1 aromatic heterocycles. The Morgan fingerprint density at radius 3 is 2.33 bits per heavy atom. The third kappa shape index (κ3) is 3.44. The van der Waals surface area contributed by atoms with Gasteiger partial charge in [0.15, 0.2) is 5.76 Å². The number of para-hydroxylation sites is 2. The van der Waals surface area contributed by atoms with E-state index in [4.69, 9.17) is 14.4 Å². The van der Waals surface area contributed by atoms with E-state index >= 15 is 0 Å². The Kier molecular flexibility index (Phi) is 4.66. The zero-order chi connectivity index (χ0) is 18.6. The number of carbonyl (C=O) groups is 1. The first-order chi connectivity index (χ1) is 13.3. The normalized spacial score (nSPS) is 16.0. The molecule has 5 nitrogen and oxygen atoms in total. The van der Waals surface area contributed by atoms with E-state index in [0.717, 1.165) is 29.1 Å². The van der Waals surface area contributed by atoms with Gasteiger partial charge in [-0.2, -0.15) is 0 Å². The van der Waals surface area contributed by atoms with Gasteiger partial charge in [-0.25, -0.2) is 4.99 Å². The molecule has 4 rings (SSSR count). The number of nitrogens with one attached hydrogen (secondary N) is 1. The molecular weight excluding hydrogens is 338 g/mol. The number of rotatable bonds is 3. The first-order valence-corrected chi connectivity index (χ1v) is 8.91. The Labute approximate surface area is 157 Å². The minimum absolute atomic E-state index is 0.234. The van der Waals surface area contributed by atoms with E-state index in [9.17, 15) is 4.79 Å². The van der Waals surface area contributed by atoms with Crippen LogP contribution in [0.4, 0.5) is 11.4 Å². The molecule has 0 fully saturated rings. The second kappa shape index (κ2) is 7.41. The largest absolute Gasteiger partial charge is 0.459 e. The van der Waals surface area contributed by atoms with Crippen molar-refractivity contribution in [3.8, 4) is 0 Å². The molecule has 134 valence electrons. The molecule has 0 spiro atoms. The minimum Gasteiger partial charge on any atom is -0.459 e. The van der Waals surface area contributed by atoms with Crippen LogP contribution in [-0.4, -0.2) is 17.5 Å². The lowest BCUT2D eigenvalue weighted by Crippen LogP contribution is -2.37. The Morgan fingerprint density at radius 2 is 1.67 bits per heavy atom. The monoisotopic (exact) mass is 357 g/mol. The van der Waals surface area contributed by atoms with Gasteiger partial charge in [0.2, 0.25) is 0 Å². The van der Waals surface area contributed by atoms with Gasteiger partial charge in [-0.05, 0) is 36.2 Å². The van der Waals surface area contributed by atoms with E-state index in [-0.39, 0.29) is 17.6 Å². The molecule has 0 saturated carbocycles. The second-order valence-corrected chi connectivity index (χ2v) is 6.22. The summed E-state index contributed by atoms with van der Waals surface area (Å²) in [5.74, 6) is 0.238. The molecule has 27 heavy (non-hydrogen) atoms. The molecule has 5 heteroatoms. The van der Waals surface area contributed by atoms with Crippen molar-refractivity contribution in [2.45, 2.75) is 19.3 Å². The lowest BCUT2D eigenvalue weighted by molar-refractivity contribution is 0.0949. The Balaban J connectivity index is 1.83. The predicted octanol–water partition coefficient (Wildman–Crippen LogP) is 5.02. The summed E-state index contributed by atoms with van der Waals surface area (Å²) in [5, 5.41) is 2.95. The summed E-state index contributed by atoms with van der Waals surface area (Å²) in [6.45, 7) is 2.06. The van der Waals surface area contributed by atoms with Crippen molar-refractivity contribution in [1.82, 2.24) is 5.32 Å². The van der Waals surface area contributed by atoms with Crippen LogP contribution in [0, 0.1) is 0 Å². The van der Waals surface area contributed by atoms with Gasteiger partial charge in [0.05, 0.1) is 23.6 Å². The SMILES string of the molecule is CCC1=Nc2ccccc2N=C(NC(=O)c2ccco2)[C@H]1c1ccccc1. The van der Waals surface area contributed by atoms with Gasteiger partial charge in [0.1, 0.15) is 5.84 Å². The highest BCUT2D eigenvalue weighted by atomic mass is 16.3. The zero-order valence-electron chi connectivity index (χ0n) is 14.9. The average molecular weight is 357 g/mol. The van der Waals surface area contributed by atoms with Crippen molar-refractivity contribution in [1.29, 1.82) is 0 Å². The van der Waals surface area contributed by atoms with Crippen LogP contribution >= 0.6 is 0 Å². The van der Waals surface area contributed by atoms with Crippen molar-refractivity contribution in [2.75, 3.05) is 0 Å². The fourth-order valence-corrected chi connectivity index (χ4v) is 3.19. The molecule has 0 aliphatic carbocycles. The van der Waals surface area contributed by atoms with Crippen LogP contribution in [0.1, 0.15) is 35.4 Å². The summed E-state index contributed by atoms with van der Waals surface area (Å²) >= 11 is 0. The molecular formula is C22H19N3O2. The molecule has 1 amide bonds. The van der Waals surface area contributed by atoms with E-state index in [1.807, 2.05) is 54.6 Å². The number of aliphatic imine (C=N–C) groups is 2. The fourth-order valence-electron chi connectivity index (χ4n) is 3.19. The number of carbonyl (C=O) groups excluding carboxylic acids is 1. The zero-order valence-corrected chi connectivity index (χ0v) is 14.9. The maximum absolute atomic E-state index is 12.6. The van der Waals surface area contributed by atoms with Crippen LogP contribution < -0.4 is 5.32 Å². The van der Waals surface area contributed by atoms with Crippen molar-refractivity contribution < 1.29 is 9.21 Å². The van der Waals surface area contributed by atoms with Crippen molar-refractivity contribution in [2.24, 2.45) is 9.98 Å². The lowest BCUT2D eigenvalue weighted by Gasteiger charge is -2.20. The summed E-state index contributed by atoms with van der Waals surface area (Å²) in [6, 6.07) is 21.0. The minimum atomic E-state index is -0.325. The average Bonchev–Trinajstić information content (AvgIpc) is 3.19. The number of fused-ring (bicyclic) bond motifs is 1. The van der Waals surface area contributed by atoms with Crippen LogP contribution in [0.15, 0.2) is 87.4 Å². The molecule has 1 atom stereocenters. The number of furan rings is 1. The first-order valence-electron chi connectivity index (χ1n) is 8.91. The summed E-state index contributed by atoms with van der Waals surface area (Å²) in [7, 11) is 0. The lowest BCUT2D eigenvalue weighted by atomic mass is 9.91. The number of nitrogens with zero attached hydrogens (tertiary/aromatic N) is 2. The molecule has 1 aliphatic heterocycles. The number of hydrogen-bond acceptors (Lipinski definition) is 4. The molecule has 0 unspecified atom stereocenters. The first kappa shape index (κ1) is 17.0. The highest BCUT2D eigenvalue weighted by Crippen LogP contribution is 2.35. The maximum Gasteiger partial charge on any atom is 0.292 e. The van der Waals surface area contributed by atoms with Crippen molar-refractivity contribution >= 4 is 28.8 Å². The van der Waals surface area contributed by atoms with E-state index in [0.29, 0.717) is 5.84 Å². The Hall–Kier alpha value is -3.47. The fraction of sp³-hybridized carbons (Fsp3) is 0.136. The molecule has 2 aromatic carbocycles. The Bertz CT molecular complexity index is 1010. The summed E-state index contributed by atoms with van der Waals surface area (Å²) in [5.41, 5.74) is 3.52. The second-order valence-electron chi connectivity index (χ2n) is 6.22. The number of hydrogen-bond donors (Lipinski definition) is 1. The highest BCUT2D eigenvalue weighted by Gasteiger charge is 2.28. The van der Waals surface area contributed by atoms with E-state index in [1.165, 1.54) is 6.26 Å². The summed E-state index contributed by atoms with van der Waals surface area (Å²) < 4.78 is 5.23. The molecule has 2 heterocycles. The van der Waals surface area contributed by atoms with Gasteiger partial charge in [0, 0.05) is 5.71 Å². The predicted molar refractivity (Wildman–Crippen MR) is 106 cm³/mol. The quantitative estimate of drug-likeness (QED) is 0.715. The summed E-state index contributed by atoms with van der Waals surface area (Å²) in [4.78, 5) is 22.3. The summed E-state index contributed by atoms with van der Waals surface area (Å²) in [6.07, 6.45) is 2.22. The van der Waals surface area contributed by atoms with Gasteiger partial charge in [-0.15, -0.1) is 0 Å². The smallest absolute Gasteiger partial charge is 0.292 e. The maximum atomic E-state index is 12.6. The number of benzene rings is 2. The van der Waals surface area contributed by atoms with Crippen LogP contribution in [0.25, 0.3) is 0 Å². The molecule has 0 radical (unpaired) electrons. The van der Waals surface area contributed by atoms with Crippen LogP contribution in [0.3, 0.4) is 0 Å². The molecule has 0 saturated heterocycles. The third-order valence-electron chi connectivity index (χ3n) is 4.48. The Morgan fingerprint density at radius 1 is 0.963 bits per heavy atom. The standard InChI is InChI=1S/C22H19N3O2/c1-2-16-20(15-9-4-3-5-10-15)21(25-22(26)19-13-8-14-27-19)24-18-12-7-6-11-17(18)23-16/h3-14,20H,2H2,1H3,(H,24,25,26)/t20-/m0/s1. The van der Waals surface area contributed by atoms with E-state index in [1.54, 1.807) is 12.1 Å². The van der Waals surface area contributed by atoms with Gasteiger partial charge in [-0.3, -0.25) is 9.79 Å². The van der Waals surface area contributed by atoms with Crippen LogP contribution in [-0.2, 0) is 0 Å².